The van der Waals surface area contributed by atoms with Crippen molar-refractivity contribution >= 4 is 17.3 Å². The lowest BCUT2D eigenvalue weighted by molar-refractivity contribution is -0.180. The number of anilines is 2. The Bertz CT molecular complexity index is 518. The van der Waals surface area contributed by atoms with E-state index in [1.54, 1.807) is 11.0 Å². The number of carbonyl (C=O) groups excluding carboxylic acids is 1. The van der Waals surface area contributed by atoms with E-state index in [9.17, 15) is 22.4 Å². The van der Waals surface area contributed by atoms with Gasteiger partial charge in [0.15, 0.2) is 0 Å². The highest BCUT2D eigenvalue weighted by Crippen LogP contribution is 2.27. The molecule has 1 amide bonds. The van der Waals surface area contributed by atoms with Crippen LogP contribution in [-0.4, -0.2) is 54.3 Å². The number of nitrogen functional groups attached to an aromatic ring is 1. The zero-order valence-electron chi connectivity index (χ0n) is 11.0. The molecular weight excluding hydrogens is 292 g/mol. The van der Waals surface area contributed by atoms with Crippen molar-refractivity contribution < 1.29 is 22.4 Å². The van der Waals surface area contributed by atoms with Crippen molar-refractivity contribution in [3.05, 3.63) is 18.5 Å². The maximum absolute atomic E-state index is 13.0. The summed E-state index contributed by atoms with van der Waals surface area (Å²) in [6.45, 7) is 0.338. The summed E-state index contributed by atoms with van der Waals surface area (Å²) in [4.78, 5) is 17.8. The third kappa shape index (κ3) is 3.01. The van der Waals surface area contributed by atoms with Crippen LogP contribution in [-0.2, 0) is 4.79 Å². The largest absolute Gasteiger partial charge is 0.396 e. The molecule has 2 rings (SSSR count). The first-order valence-electron chi connectivity index (χ1n) is 6.24. The number of nitrogens with zero attached hydrogens (tertiary/aromatic N) is 3. The summed E-state index contributed by atoms with van der Waals surface area (Å²) in [6, 6.07) is 1.67. The number of amides is 1. The van der Waals surface area contributed by atoms with Gasteiger partial charge in [-0.25, -0.2) is 8.78 Å². The molecule has 2 heterocycles. The standard InChI is InChI=1S/C12H14F4N4O/c13-10(14)12(15,16)11(21)20-5-3-19(4-6-20)9-1-2-18-7-8(9)17/h1-2,7,10H,3-6,17H2. The van der Waals surface area contributed by atoms with Crippen LogP contribution in [0.2, 0.25) is 0 Å². The molecule has 0 unspecified atom stereocenters. The van der Waals surface area contributed by atoms with Gasteiger partial charge in [-0.05, 0) is 6.07 Å². The monoisotopic (exact) mass is 306 g/mol. The number of rotatable bonds is 3. The highest BCUT2D eigenvalue weighted by molar-refractivity contribution is 5.84. The van der Waals surface area contributed by atoms with E-state index in [2.05, 4.69) is 4.98 Å². The number of piperazine rings is 1. The average molecular weight is 306 g/mol. The van der Waals surface area contributed by atoms with Crippen molar-refractivity contribution in [2.75, 3.05) is 36.8 Å². The second-order valence-corrected chi connectivity index (χ2v) is 4.64. The van der Waals surface area contributed by atoms with Crippen LogP contribution >= 0.6 is 0 Å². The van der Waals surface area contributed by atoms with Crippen molar-refractivity contribution in [2.24, 2.45) is 0 Å². The first kappa shape index (κ1) is 15.3. The fourth-order valence-corrected chi connectivity index (χ4v) is 2.14. The van der Waals surface area contributed by atoms with Crippen molar-refractivity contribution in [1.29, 1.82) is 0 Å². The Balaban J connectivity index is 2.01. The molecule has 0 bridgehead atoms. The lowest BCUT2D eigenvalue weighted by atomic mass is 10.2. The third-order valence-corrected chi connectivity index (χ3v) is 3.29. The normalized spacial score (nSPS) is 16.4. The molecule has 1 aromatic rings. The average Bonchev–Trinajstić information content (AvgIpc) is 2.47. The van der Waals surface area contributed by atoms with E-state index in [4.69, 9.17) is 5.73 Å². The van der Waals surface area contributed by atoms with Crippen LogP contribution in [0.25, 0.3) is 0 Å². The van der Waals surface area contributed by atoms with E-state index in [1.165, 1.54) is 12.4 Å². The molecule has 0 atom stereocenters. The number of halogens is 4. The number of nitrogens with two attached hydrogens (primary N) is 1. The number of hydrogen-bond donors (Lipinski definition) is 1. The number of hydrogen-bond acceptors (Lipinski definition) is 4. The summed E-state index contributed by atoms with van der Waals surface area (Å²) in [5.74, 6) is -6.47. The van der Waals surface area contributed by atoms with E-state index in [0.29, 0.717) is 11.4 Å². The molecule has 0 aliphatic carbocycles. The minimum Gasteiger partial charge on any atom is -0.396 e. The van der Waals surface area contributed by atoms with Gasteiger partial charge in [0.05, 0.1) is 17.6 Å². The van der Waals surface area contributed by atoms with Crippen molar-refractivity contribution in [2.45, 2.75) is 12.3 Å². The van der Waals surface area contributed by atoms with Crippen LogP contribution < -0.4 is 10.6 Å². The number of pyridine rings is 1. The lowest BCUT2D eigenvalue weighted by Crippen LogP contribution is -2.55. The molecule has 0 spiro atoms. The summed E-state index contributed by atoms with van der Waals surface area (Å²) in [7, 11) is 0. The Morgan fingerprint density at radius 1 is 1.29 bits per heavy atom. The van der Waals surface area contributed by atoms with Gasteiger partial charge in [-0.2, -0.15) is 8.78 Å². The predicted octanol–water partition coefficient (Wildman–Crippen LogP) is 1.21. The van der Waals surface area contributed by atoms with Gasteiger partial charge in [0.1, 0.15) is 0 Å². The molecule has 1 aliphatic rings. The van der Waals surface area contributed by atoms with Crippen LogP contribution in [0.5, 0.6) is 0 Å². The highest BCUT2D eigenvalue weighted by Gasteiger charge is 2.51. The van der Waals surface area contributed by atoms with Gasteiger partial charge >= 0.3 is 12.3 Å². The second-order valence-electron chi connectivity index (χ2n) is 4.64. The Morgan fingerprint density at radius 2 is 1.90 bits per heavy atom. The minimum atomic E-state index is -4.64. The van der Waals surface area contributed by atoms with Gasteiger partial charge in [0.25, 0.3) is 5.91 Å². The van der Waals surface area contributed by atoms with Gasteiger partial charge in [0, 0.05) is 32.4 Å². The molecule has 1 fully saturated rings. The van der Waals surface area contributed by atoms with Gasteiger partial charge in [-0.3, -0.25) is 9.78 Å². The Labute approximate surface area is 118 Å². The third-order valence-electron chi connectivity index (χ3n) is 3.29. The lowest BCUT2D eigenvalue weighted by Gasteiger charge is -2.37. The van der Waals surface area contributed by atoms with Gasteiger partial charge < -0.3 is 15.5 Å². The molecule has 9 heteroatoms. The predicted molar refractivity (Wildman–Crippen MR) is 68.4 cm³/mol. The maximum Gasteiger partial charge on any atom is 0.383 e. The summed E-state index contributed by atoms with van der Waals surface area (Å²) in [5, 5.41) is 0. The molecule has 0 aromatic carbocycles. The van der Waals surface area contributed by atoms with Crippen molar-refractivity contribution in [3.63, 3.8) is 0 Å². The number of carbonyl (C=O) groups is 1. The molecule has 1 aliphatic heterocycles. The quantitative estimate of drug-likeness (QED) is 0.853. The van der Waals surface area contributed by atoms with Gasteiger partial charge in [-0.1, -0.05) is 0 Å². The van der Waals surface area contributed by atoms with Gasteiger partial charge in [0.2, 0.25) is 0 Å². The summed E-state index contributed by atoms with van der Waals surface area (Å²) in [5.41, 5.74) is 6.86. The molecule has 2 N–H and O–H groups in total. The molecule has 1 saturated heterocycles. The summed E-state index contributed by atoms with van der Waals surface area (Å²) < 4.78 is 50.4. The van der Waals surface area contributed by atoms with E-state index in [1.807, 2.05) is 0 Å². The molecule has 0 saturated carbocycles. The Kier molecular flexibility index (Phi) is 4.19. The topological polar surface area (TPSA) is 62.5 Å². The summed E-state index contributed by atoms with van der Waals surface area (Å²) in [6.07, 6.45) is -1.01. The number of alkyl halides is 4. The Morgan fingerprint density at radius 3 is 2.43 bits per heavy atom. The fourth-order valence-electron chi connectivity index (χ4n) is 2.14. The zero-order chi connectivity index (χ0) is 15.6. The zero-order valence-corrected chi connectivity index (χ0v) is 11.0. The molecule has 21 heavy (non-hydrogen) atoms. The first-order chi connectivity index (χ1) is 9.84. The van der Waals surface area contributed by atoms with Crippen LogP contribution in [0.4, 0.5) is 28.9 Å². The van der Waals surface area contributed by atoms with Crippen LogP contribution in [0, 0.1) is 0 Å². The Hall–Kier alpha value is -2.06. The van der Waals surface area contributed by atoms with E-state index in [-0.39, 0.29) is 26.2 Å². The van der Waals surface area contributed by atoms with Crippen molar-refractivity contribution in [3.8, 4) is 0 Å². The molecule has 116 valence electrons. The second kappa shape index (κ2) is 5.74. The van der Waals surface area contributed by atoms with E-state index >= 15 is 0 Å². The fraction of sp³-hybridized carbons (Fsp3) is 0.500. The molecule has 0 radical (unpaired) electrons. The first-order valence-corrected chi connectivity index (χ1v) is 6.24. The number of aromatic nitrogens is 1. The molecule has 1 aromatic heterocycles. The van der Waals surface area contributed by atoms with E-state index in [0.717, 1.165) is 4.90 Å². The minimum absolute atomic E-state index is 0.0666. The van der Waals surface area contributed by atoms with Crippen molar-refractivity contribution in [1.82, 2.24) is 9.88 Å². The SMILES string of the molecule is Nc1cnccc1N1CCN(C(=O)C(F)(F)C(F)F)CC1. The van der Waals surface area contributed by atoms with Crippen LogP contribution in [0.1, 0.15) is 0 Å². The van der Waals surface area contributed by atoms with E-state index < -0.39 is 18.3 Å². The highest BCUT2D eigenvalue weighted by atomic mass is 19.3. The van der Waals surface area contributed by atoms with Crippen LogP contribution in [0.3, 0.4) is 0 Å². The van der Waals surface area contributed by atoms with Gasteiger partial charge in [-0.15, -0.1) is 0 Å². The molecule has 5 nitrogen and oxygen atoms in total. The summed E-state index contributed by atoms with van der Waals surface area (Å²) >= 11 is 0. The molecular formula is C12H14F4N4O. The smallest absolute Gasteiger partial charge is 0.383 e. The van der Waals surface area contributed by atoms with Crippen LogP contribution in [0.15, 0.2) is 18.5 Å². The maximum atomic E-state index is 13.0.